The first kappa shape index (κ1) is 27.9. The van der Waals surface area contributed by atoms with E-state index in [9.17, 15) is 26.7 Å². The lowest BCUT2D eigenvalue weighted by Crippen LogP contribution is -2.31. The van der Waals surface area contributed by atoms with Gasteiger partial charge in [0.1, 0.15) is 5.75 Å². The Kier molecular flexibility index (Phi) is 8.94. The standard InChI is InChI=1S/C25H33F5N4O2/c1-5-34-22(16(4)21(33-34)23(35)32-12-17-8-6-14(2)7-9-17)19-13-31-18(10-15(3)25(28,29)30)11-20(19)36-24(26)27/h11,13-15,17,24H,5-10,12H2,1-4H3,(H,32,35)/t14?,15-,17?/m1/s1. The summed E-state index contributed by atoms with van der Waals surface area (Å²) in [6, 6.07) is 1.10. The van der Waals surface area contributed by atoms with E-state index in [1.165, 1.54) is 10.9 Å². The van der Waals surface area contributed by atoms with E-state index in [1.54, 1.807) is 13.8 Å². The Balaban J connectivity index is 1.89. The van der Waals surface area contributed by atoms with Crippen LogP contribution in [0.3, 0.4) is 0 Å². The maximum Gasteiger partial charge on any atom is 0.391 e. The van der Waals surface area contributed by atoms with Gasteiger partial charge in [0.25, 0.3) is 5.91 Å². The lowest BCUT2D eigenvalue weighted by Gasteiger charge is -2.26. The van der Waals surface area contributed by atoms with E-state index < -0.39 is 25.1 Å². The lowest BCUT2D eigenvalue weighted by molar-refractivity contribution is -0.169. The minimum Gasteiger partial charge on any atom is -0.434 e. The van der Waals surface area contributed by atoms with Crippen LogP contribution in [0, 0.1) is 24.7 Å². The fraction of sp³-hybridized carbons (Fsp3) is 0.640. The van der Waals surface area contributed by atoms with Crippen molar-refractivity contribution in [2.24, 2.45) is 17.8 Å². The first-order valence-electron chi connectivity index (χ1n) is 12.3. The SMILES string of the molecule is CCn1nc(C(=O)NCC2CCC(C)CC2)c(C)c1-c1cnc(C[C@@H](C)C(F)(F)F)cc1OC(F)F. The number of pyridine rings is 1. The van der Waals surface area contributed by atoms with Gasteiger partial charge >= 0.3 is 12.8 Å². The number of nitrogens with zero attached hydrogens (tertiary/aromatic N) is 3. The molecule has 1 atom stereocenters. The molecule has 1 aliphatic rings. The smallest absolute Gasteiger partial charge is 0.391 e. The number of nitrogens with one attached hydrogen (secondary N) is 1. The molecule has 1 N–H and O–H groups in total. The molecule has 0 aromatic carbocycles. The van der Waals surface area contributed by atoms with E-state index >= 15 is 0 Å². The molecule has 3 rings (SSSR count). The Morgan fingerprint density at radius 3 is 2.50 bits per heavy atom. The van der Waals surface area contributed by atoms with Crippen molar-refractivity contribution in [3.05, 3.63) is 29.2 Å². The van der Waals surface area contributed by atoms with E-state index in [-0.39, 0.29) is 28.6 Å². The number of ether oxygens (including phenoxy) is 1. The fourth-order valence-corrected chi connectivity index (χ4v) is 4.58. The zero-order chi connectivity index (χ0) is 26.6. The highest BCUT2D eigenvalue weighted by Crippen LogP contribution is 2.36. The van der Waals surface area contributed by atoms with Gasteiger partial charge in [-0.3, -0.25) is 14.5 Å². The molecule has 0 spiro atoms. The van der Waals surface area contributed by atoms with Crippen molar-refractivity contribution < 1.29 is 31.5 Å². The van der Waals surface area contributed by atoms with Crippen molar-refractivity contribution in [2.45, 2.75) is 79.1 Å². The average Bonchev–Trinajstić information content (AvgIpc) is 3.14. The van der Waals surface area contributed by atoms with Gasteiger partial charge in [-0.15, -0.1) is 0 Å². The fourth-order valence-electron chi connectivity index (χ4n) is 4.58. The number of hydrogen-bond acceptors (Lipinski definition) is 4. The number of amides is 1. The molecule has 2 aromatic heterocycles. The Bertz CT molecular complexity index is 1050. The molecule has 2 aromatic rings. The van der Waals surface area contributed by atoms with Crippen LogP contribution >= 0.6 is 0 Å². The van der Waals surface area contributed by atoms with Crippen LogP contribution in [0.5, 0.6) is 5.75 Å². The minimum atomic E-state index is -4.44. The second-order valence-electron chi connectivity index (χ2n) is 9.67. The summed E-state index contributed by atoms with van der Waals surface area (Å²) in [4.78, 5) is 17.0. The molecule has 36 heavy (non-hydrogen) atoms. The van der Waals surface area contributed by atoms with Crippen LogP contribution in [0.2, 0.25) is 0 Å². The van der Waals surface area contributed by atoms with E-state index in [1.807, 2.05) is 0 Å². The van der Waals surface area contributed by atoms with Gasteiger partial charge in [0, 0.05) is 43.0 Å². The third-order valence-electron chi connectivity index (χ3n) is 6.86. The first-order chi connectivity index (χ1) is 16.9. The number of alkyl halides is 5. The van der Waals surface area contributed by atoms with Crippen LogP contribution in [-0.2, 0) is 13.0 Å². The summed E-state index contributed by atoms with van der Waals surface area (Å²) in [6.07, 6.45) is 0.639. The number of hydrogen-bond donors (Lipinski definition) is 1. The lowest BCUT2D eigenvalue weighted by atomic mass is 9.83. The molecule has 0 radical (unpaired) electrons. The van der Waals surface area contributed by atoms with Crippen LogP contribution in [0.4, 0.5) is 22.0 Å². The molecule has 0 bridgehead atoms. The van der Waals surface area contributed by atoms with Crippen LogP contribution in [-0.4, -0.2) is 40.0 Å². The van der Waals surface area contributed by atoms with Crippen molar-refractivity contribution in [3.63, 3.8) is 0 Å². The highest BCUT2D eigenvalue weighted by atomic mass is 19.4. The quantitative estimate of drug-likeness (QED) is 0.405. The molecule has 0 saturated heterocycles. The van der Waals surface area contributed by atoms with Crippen LogP contribution in [0.15, 0.2) is 12.3 Å². The number of rotatable bonds is 9. The Morgan fingerprint density at radius 2 is 1.92 bits per heavy atom. The number of carbonyl (C=O) groups excluding carboxylic acids is 1. The van der Waals surface area contributed by atoms with E-state index in [2.05, 4.69) is 27.1 Å². The predicted octanol–water partition coefficient (Wildman–Crippen LogP) is 6.17. The van der Waals surface area contributed by atoms with Gasteiger partial charge < -0.3 is 10.1 Å². The van der Waals surface area contributed by atoms with Crippen molar-refractivity contribution in [1.29, 1.82) is 0 Å². The molecule has 1 fully saturated rings. The van der Waals surface area contributed by atoms with Gasteiger partial charge in [-0.25, -0.2) is 0 Å². The van der Waals surface area contributed by atoms with Crippen LogP contribution in [0.1, 0.15) is 68.2 Å². The monoisotopic (exact) mass is 516 g/mol. The van der Waals surface area contributed by atoms with Crippen molar-refractivity contribution >= 4 is 5.91 Å². The number of carbonyl (C=O) groups is 1. The van der Waals surface area contributed by atoms with Crippen LogP contribution in [0.25, 0.3) is 11.3 Å². The van der Waals surface area contributed by atoms with Gasteiger partial charge in [-0.2, -0.15) is 27.1 Å². The van der Waals surface area contributed by atoms with Crippen LogP contribution < -0.4 is 10.1 Å². The number of halogens is 5. The van der Waals surface area contributed by atoms with Gasteiger partial charge in [0.15, 0.2) is 5.69 Å². The second-order valence-corrected chi connectivity index (χ2v) is 9.67. The van der Waals surface area contributed by atoms with E-state index in [4.69, 9.17) is 0 Å². The Labute approximate surface area is 207 Å². The number of aromatic nitrogens is 3. The highest BCUT2D eigenvalue weighted by molar-refractivity contribution is 5.95. The minimum absolute atomic E-state index is 0.0285. The summed E-state index contributed by atoms with van der Waals surface area (Å²) < 4.78 is 71.5. The average molecular weight is 517 g/mol. The third-order valence-corrected chi connectivity index (χ3v) is 6.86. The summed E-state index contributed by atoms with van der Waals surface area (Å²) in [7, 11) is 0. The number of aryl methyl sites for hydroxylation is 1. The molecular formula is C25H33F5N4O2. The molecule has 1 aliphatic carbocycles. The maximum atomic E-state index is 13.2. The topological polar surface area (TPSA) is 69.0 Å². The molecule has 2 heterocycles. The van der Waals surface area contributed by atoms with E-state index in [0.29, 0.717) is 36.2 Å². The maximum absolute atomic E-state index is 13.2. The molecule has 1 amide bonds. The summed E-state index contributed by atoms with van der Waals surface area (Å²) in [5, 5.41) is 7.33. The van der Waals surface area contributed by atoms with Gasteiger partial charge in [0.2, 0.25) is 0 Å². The summed E-state index contributed by atoms with van der Waals surface area (Å²) in [5.74, 6) is -1.28. The molecule has 11 heteroatoms. The van der Waals surface area contributed by atoms with Gasteiger partial charge in [-0.1, -0.05) is 26.7 Å². The zero-order valence-electron chi connectivity index (χ0n) is 21.0. The molecular weight excluding hydrogens is 483 g/mol. The zero-order valence-corrected chi connectivity index (χ0v) is 21.0. The van der Waals surface area contributed by atoms with Gasteiger partial charge in [0.05, 0.1) is 17.2 Å². The molecule has 0 unspecified atom stereocenters. The molecule has 1 saturated carbocycles. The molecule has 6 nitrogen and oxygen atoms in total. The highest BCUT2D eigenvalue weighted by Gasteiger charge is 2.36. The summed E-state index contributed by atoms with van der Waals surface area (Å²) >= 11 is 0. The van der Waals surface area contributed by atoms with Gasteiger partial charge in [-0.05, 0) is 38.5 Å². The normalized spacial score (nSPS) is 19.4. The summed E-state index contributed by atoms with van der Waals surface area (Å²) in [6.45, 7) is 4.31. The Morgan fingerprint density at radius 1 is 1.25 bits per heavy atom. The first-order valence-corrected chi connectivity index (χ1v) is 12.3. The van der Waals surface area contributed by atoms with Crippen molar-refractivity contribution in [1.82, 2.24) is 20.1 Å². The molecule has 0 aliphatic heterocycles. The molecule has 200 valence electrons. The summed E-state index contributed by atoms with van der Waals surface area (Å²) in [5.41, 5.74) is 1.07. The predicted molar refractivity (Wildman–Crippen MR) is 125 cm³/mol. The van der Waals surface area contributed by atoms with Crippen molar-refractivity contribution in [2.75, 3.05) is 6.54 Å². The van der Waals surface area contributed by atoms with E-state index in [0.717, 1.165) is 38.7 Å². The third kappa shape index (κ3) is 6.73. The second kappa shape index (κ2) is 11.6. The largest absolute Gasteiger partial charge is 0.434 e. The Hall–Kier alpha value is -2.72. The van der Waals surface area contributed by atoms with Crippen molar-refractivity contribution in [3.8, 4) is 17.0 Å².